The third-order valence-corrected chi connectivity index (χ3v) is 4.59. The van der Waals surface area contributed by atoms with Crippen LogP contribution in [0.4, 0.5) is 0 Å². The Morgan fingerprint density at radius 2 is 1.17 bits per heavy atom. The van der Waals surface area contributed by atoms with Crippen LogP contribution in [0, 0.1) is 10.1 Å². The highest BCUT2D eigenvalue weighted by Gasteiger charge is 2.23. The number of nitro groups is 1. The molecule has 0 fully saturated rings. The average molecular weight is 333 g/mol. The summed E-state index contributed by atoms with van der Waals surface area (Å²) in [7, 11) is 0. The number of benzene rings is 3. The second-order valence-electron chi connectivity index (χ2n) is 5.08. The van der Waals surface area contributed by atoms with Crippen LogP contribution in [0.5, 0.6) is 0 Å². The molecule has 0 aromatic heterocycles. The molecule has 3 nitrogen and oxygen atoms in total. The van der Waals surface area contributed by atoms with E-state index in [2.05, 4.69) is 0 Å². The van der Waals surface area contributed by atoms with E-state index in [1.165, 1.54) is 11.8 Å². The Kier molecular flexibility index (Phi) is 5.08. The fourth-order valence-corrected chi connectivity index (χ4v) is 3.43. The second-order valence-corrected chi connectivity index (χ2v) is 6.17. The third kappa shape index (κ3) is 3.73. The van der Waals surface area contributed by atoms with E-state index in [0.29, 0.717) is 10.5 Å². The van der Waals surface area contributed by atoms with Gasteiger partial charge in [-0.1, -0.05) is 78.5 Å². The minimum Gasteiger partial charge on any atom is -0.258 e. The molecule has 0 atom stereocenters. The Morgan fingerprint density at radius 1 is 0.708 bits per heavy atom. The number of rotatable bonds is 5. The van der Waals surface area contributed by atoms with E-state index < -0.39 is 0 Å². The van der Waals surface area contributed by atoms with Gasteiger partial charge in [0.05, 0.1) is 15.4 Å². The number of nitrogens with zero attached hydrogens (tertiary/aromatic N) is 1. The summed E-state index contributed by atoms with van der Waals surface area (Å²) >= 11 is 1.41. The van der Waals surface area contributed by atoms with Gasteiger partial charge in [-0.2, -0.15) is 0 Å². The van der Waals surface area contributed by atoms with Crippen LogP contribution in [0.15, 0.2) is 95.9 Å². The van der Waals surface area contributed by atoms with Crippen molar-refractivity contribution in [1.82, 2.24) is 0 Å². The zero-order valence-electron chi connectivity index (χ0n) is 12.8. The molecule has 0 heterocycles. The van der Waals surface area contributed by atoms with Gasteiger partial charge in [0.15, 0.2) is 0 Å². The standard InChI is InChI=1S/C20H15NO2S/c22-21(23)19(16-10-4-1-5-11-16)20(17-12-6-2-7-13-17)24-18-14-8-3-9-15-18/h1-15H/b20-19-. The highest BCUT2D eigenvalue weighted by atomic mass is 32.2. The van der Waals surface area contributed by atoms with E-state index in [1.807, 2.05) is 78.9 Å². The van der Waals surface area contributed by atoms with Crippen molar-refractivity contribution in [2.75, 3.05) is 0 Å². The first-order chi connectivity index (χ1) is 11.8. The van der Waals surface area contributed by atoms with E-state index in [9.17, 15) is 10.1 Å². The van der Waals surface area contributed by atoms with Gasteiger partial charge in [-0.15, -0.1) is 0 Å². The maximum atomic E-state index is 11.8. The largest absolute Gasteiger partial charge is 0.290 e. The second kappa shape index (κ2) is 7.62. The lowest BCUT2D eigenvalue weighted by Gasteiger charge is -2.10. The summed E-state index contributed by atoms with van der Waals surface area (Å²) in [4.78, 5) is 13.1. The number of hydrogen-bond acceptors (Lipinski definition) is 3. The summed E-state index contributed by atoms with van der Waals surface area (Å²) in [5.41, 5.74) is 1.56. The SMILES string of the molecule is O=[N+]([O-])/C(=C(\Sc1ccccc1)c1ccccc1)c1ccccc1. The van der Waals surface area contributed by atoms with Crippen LogP contribution in [-0.2, 0) is 0 Å². The molecule has 0 spiro atoms. The van der Waals surface area contributed by atoms with Crippen molar-refractivity contribution in [1.29, 1.82) is 0 Å². The maximum absolute atomic E-state index is 11.8. The van der Waals surface area contributed by atoms with Crippen molar-refractivity contribution < 1.29 is 4.92 Å². The predicted octanol–water partition coefficient (Wildman–Crippen LogP) is 5.58. The molecule has 3 aromatic carbocycles. The fraction of sp³-hybridized carbons (Fsp3) is 0. The normalized spacial score (nSPS) is 11.7. The van der Waals surface area contributed by atoms with Crippen molar-refractivity contribution >= 4 is 22.4 Å². The summed E-state index contributed by atoms with van der Waals surface area (Å²) in [6, 6.07) is 28.2. The zero-order valence-corrected chi connectivity index (χ0v) is 13.6. The van der Waals surface area contributed by atoms with Crippen LogP contribution in [0.2, 0.25) is 0 Å². The molecule has 0 aliphatic heterocycles. The Hall–Kier alpha value is -2.85. The molecule has 0 radical (unpaired) electrons. The van der Waals surface area contributed by atoms with Gasteiger partial charge in [0.25, 0.3) is 5.70 Å². The molecule has 0 aliphatic rings. The smallest absolute Gasteiger partial charge is 0.258 e. The monoisotopic (exact) mass is 333 g/mol. The van der Waals surface area contributed by atoms with E-state index in [-0.39, 0.29) is 10.6 Å². The first kappa shape index (κ1) is 16.0. The van der Waals surface area contributed by atoms with Gasteiger partial charge >= 0.3 is 0 Å². The quantitative estimate of drug-likeness (QED) is 0.265. The van der Waals surface area contributed by atoms with E-state index in [0.717, 1.165) is 10.5 Å². The molecule has 3 aromatic rings. The Balaban J connectivity index is 2.19. The van der Waals surface area contributed by atoms with Crippen molar-refractivity contribution in [3.05, 3.63) is 112 Å². The molecule has 0 aliphatic carbocycles. The lowest BCUT2D eigenvalue weighted by Crippen LogP contribution is -2.01. The maximum Gasteiger partial charge on any atom is 0.290 e. The topological polar surface area (TPSA) is 43.1 Å². The highest BCUT2D eigenvalue weighted by molar-refractivity contribution is 8.08. The van der Waals surface area contributed by atoms with Gasteiger partial charge < -0.3 is 0 Å². The van der Waals surface area contributed by atoms with Crippen molar-refractivity contribution in [3.8, 4) is 0 Å². The van der Waals surface area contributed by atoms with Crippen LogP contribution in [-0.4, -0.2) is 4.92 Å². The van der Waals surface area contributed by atoms with Gasteiger partial charge in [-0.25, -0.2) is 0 Å². The Bertz CT molecular complexity index is 847. The van der Waals surface area contributed by atoms with E-state index in [1.54, 1.807) is 12.1 Å². The van der Waals surface area contributed by atoms with Crippen molar-refractivity contribution in [3.63, 3.8) is 0 Å². The minimum atomic E-state index is -0.298. The molecule has 0 amide bonds. The molecule has 24 heavy (non-hydrogen) atoms. The summed E-state index contributed by atoms with van der Waals surface area (Å²) < 4.78 is 0. The molecule has 0 bridgehead atoms. The van der Waals surface area contributed by atoms with Crippen LogP contribution in [0.1, 0.15) is 11.1 Å². The number of hydrogen-bond donors (Lipinski definition) is 0. The molecule has 4 heteroatoms. The molecular formula is C20H15NO2S. The molecule has 118 valence electrons. The van der Waals surface area contributed by atoms with Crippen LogP contribution in [0.3, 0.4) is 0 Å². The lowest BCUT2D eigenvalue weighted by atomic mass is 10.1. The van der Waals surface area contributed by atoms with Gasteiger partial charge in [0.2, 0.25) is 0 Å². The lowest BCUT2D eigenvalue weighted by molar-refractivity contribution is -0.374. The van der Waals surface area contributed by atoms with Crippen molar-refractivity contribution in [2.24, 2.45) is 0 Å². The van der Waals surface area contributed by atoms with Gasteiger partial charge in [0, 0.05) is 4.90 Å². The van der Waals surface area contributed by atoms with Gasteiger partial charge in [-0.3, -0.25) is 10.1 Å². The van der Waals surface area contributed by atoms with E-state index in [4.69, 9.17) is 0 Å². The third-order valence-electron chi connectivity index (χ3n) is 3.44. The molecule has 3 rings (SSSR count). The van der Waals surface area contributed by atoms with Crippen LogP contribution < -0.4 is 0 Å². The first-order valence-corrected chi connectivity index (χ1v) is 8.30. The summed E-state index contributed by atoms with van der Waals surface area (Å²) in [6.07, 6.45) is 0. The van der Waals surface area contributed by atoms with Crippen LogP contribution >= 0.6 is 11.8 Å². The Labute approximate surface area is 144 Å². The molecule has 0 saturated carbocycles. The zero-order chi connectivity index (χ0) is 16.8. The molecule has 0 saturated heterocycles. The van der Waals surface area contributed by atoms with Gasteiger partial charge in [-0.05, 0) is 29.8 Å². The highest BCUT2D eigenvalue weighted by Crippen LogP contribution is 2.40. The average Bonchev–Trinajstić information content (AvgIpc) is 2.63. The molecular weight excluding hydrogens is 318 g/mol. The number of thioether (sulfide) groups is 1. The van der Waals surface area contributed by atoms with Crippen molar-refractivity contribution in [2.45, 2.75) is 4.90 Å². The minimum absolute atomic E-state index is 0.121. The van der Waals surface area contributed by atoms with E-state index >= 15 is 0 Å². The summed E-state index contributed by atoms with van der Waals surface area (Å²) in [5.74, 6) is 0. The molecule has 0 unspecified atom stereocenters. The summed E-state index contributed by atoms with van der Waals surface area (Å²) in [5, 5.41) is 11.8. The first-order valence-electron chi connectivity index (χ1n) is 7.48. The Morgan fingerprint density at radius 3 is 1.67 bits per heavy atom. The molecule has 0 N–H and O–H groups in total. The predicted molar refractivity (Wildman–Crippen MR) is 99.0 cm³/mol. The summed E-state index contributed by atoms with van der Waals surface area (Å²) in [6.45, 7) is 0. The fourth-order valence-electron chi connectivity index (χ4n) is 2.36. The van der Waals surface area contributed by atoms with Gasteiger partial charge in [0.1, 0.15) is 0 Å². The van der Waals surface area contributed by atoms with Crippen LogP contribution in [0.25, 0.3) is 10.6 Å².